The van der Waals surface area contributed by atoms with Crippen LogP contribution in [0.1, 0.15) is 19.4 Å². The molecular formula is C15H22N4O. The summed E-state index contributed by atoms with van der Waals surface area (Å²) < 4.78 is 7.48. The van der Waals surface area contributed by atoms with Crippen molar-refractivity contribution < 1.29 is 4.74 Å². The SMILES string of the molecule is CC(C)Oc1cccc(NCCc2cnn(C)c2)c1N. The van der Waals surface area contributed by atoms with Gasteiger partial charge in [0.2, 0.25) is 0 Å². The Hall–Kier alpha value is -2.17. The smallest absolute Gasteiger partial charge is 0.144 e. The van der Waals surface area contributed by atoms with E-state index in [1.807, 2.05) is 51.5 Å². The highest BCUT2D eigenvalue weighted by Gasteiger charge is 2.07. The molecule has 5 heteroatoms. The Morgan fingerprint density at radius 1 is 1.40 bits per heavy atom. The average molecular weight is 274 g/mol. The van der Waals surface area contributed by atoms with Crippen molar-refractivity contribution in [1.82, 2.24) is 9.78 Å². The Kier molecular flexibility index (Phi) is 4.50. The first-order valence-corrected chi connectivity index (χ1v) is 6.83. The molecule has 0 saturated carbocycles. The molecule has 0 saturated heterocycles. The molecule has 0 aliphatic heterocycles. The zero-order valence-corrected chi connectivity index (χ0v) is 12.3. The number of hydrogen-bond donors (Lipinski definition) is 2. The lowest BCUT2D eigenvalue weighted by molar-refractivity contribution is 0.244. The second kappa shape index (κ2) is 6.32. The lowest BCUT2D eigenvalue weighted by Crippen LogP contribution is -2.10. The molecule has 0 aliphatic rings. The van der Waals surface area contributed by atoms with Gasteiger partial charge in [-0.05, 0) is 38.0 Å². The lowest BCUT2D eigenvalue weighted by atomic mass is 10.2. The average Bonchev–Trinajstić information content (AvgIpc) is 2.79. The zero-order chi connectivity index (χ0) is 14.5. The number of para-hydroxylation sites is 1. The topological polar surface area (TPSA) is 65.1 Å². The number of aryl methyl sites for hydroxylation is 1. The molecule has 0 radical (unpaired) electrons. The van der Waals surface area contributed by atoms with Gasteiger partial charge in [-0.2, -0.15) is 5.10 Å². The van der Waals surface area contributed by atoms with Crippen molar-refractivity contribution in [3.05, 3.63) is 36.2 Å². The third-order valence-electron chi connectivity index (χ3n) is 2.92. The summed E-state index contributed by atoms with van der Waals surface area (Å²) in [5, 5.41) is 7.49. The second-order valence-electron chi connectivity index (χ2n) is 5.08. The summed E-state index contributed by atoms with van der Waals surface area (Å²) in [6.45, 7) is 4.78. The number of hydrogen-bond acceptors (Lipinski definition) is 4. The minimum absolute atomic E-state index is 0.114. The van der Waals surface area contributed by atoms with Gasteiger partial charge in [-0.15, -0.1) is 0 Å². The first-order valence-electron chi connectivity index (χ1n) is 6.83. The maximum atomic E-state index is 6.11. The van der Waals surface area contributed by atoms with Gasteiger partial charge in [0.1, 0.15) is 5.75 Å². The van der Waals surface area contributed by atoms with Crippen LogP contribution < -0.4 is 15.8 Å². The molecule has 2 aromatic rings. The van der Waals surface area contributed by atoms with Gasteiger partial charge in [-0.3, -0.25) is 4.68 Å². The molecule has 0 spiro atoms. The van der Waals surface area contributed by atoms with E-state index in [1.54, 1.807) is 4.68 Å². The summed E-state index contributed by atoms with van der Waals surface area (Å²) in [4.78, 5) is 0. The molecule has 20 heavy (non-hydrogen) atoms. The number of rotatable bonds is 6. The van der Waals surface area contributed by atoms with Gasteiger partial charge in [-0.25, -0.2) is 0 Å². The van der Waals surface area contributed by atoms with Gasteiger partial charge in [0.05, 0.1) is 23.7 Å². The molecule has 2 rings (SSSR count). The molecule has 5 nitrogen and oxygen atoms in total. The Balaban J connectivity index is 1.95. The fourth-order valence-electron chi connectivity index (χ4n) is 2.00. The van der Waals surface area contributed by atoms with Crippen LogP contribution in [0.3, 0.4) is 0 Å². The number of benzene rings is 1. The number of anilines is 2. The van der Waals surface area contributed by atoms with Crippen LogP contribution in [-0.4, -0.2) is 22.4 Å². The first kappa shape index (κ1) is 14.2. The van der Waals surface area contributed by atoms with Gasteiger partial charge in [-0.1, -0.05) is 6.07 Å². The van der Waals surface area contributed by atoms with Crippen LogP contribution in [0, 0.1) is 0 Å². The van der Waals surface area contributed by atoms with Gasteiger partial charge in [0.25, 0.3) is 0 Å². The maximum Gasteiger partial charge on any atom is 0.144 e. The normalized spacial score (nSPS) is 10.8. The molecule has 108 valence electrons. The van der Waals surface area contributed by atoms with Crippen LogP contribution in [0.25, 0.3) is 0 Å². The Morgan fingerprint density at radius 2 is 2.20 bits per heavy atom. The molecule has 0 atom stereocenters. The van der Waals surface area contributed by atoms with E-state index in [4.69, 9.17) is 10.5 Å². The fraction of sp³-hybridized carbons (Fsp3) is 0.400. The fourth-order valence-corrected chi connectivity index (χ4v) is 2.00. The number of aromatic nitrogens is 2. The van der Waals surface area contributed by atoms with Crippen LogP contribution in [0.5, 0.6) is 5.75 Å². The predicted octanol–water partition coefficient (Wildman–Crippen LogP) is 2.44. The molecule has 0 aliphatic carbocycles. The number of nitrogen functional groups attached to an aromatic ring is 1. The number of nitrogens with two attached hydrogens (primary N) is 1. The summed E-state index contributed by atoms with van der Waals surface area (Å²) in [7, 11) is 1.92. The number of nitrogens with one attached hydrogen (secondary N) is 1. The van der Waals surface area contributed by atoms with Crippen molar-refractivity contribution in [1.29, 1.82) is 0 Å². The molecule has 0 fully saturated rings. The highest BCUT2D eigenvalue weighted by molar-refractivity contribution is 5.72. The van der Waals surface area contributed by atoms with Crippen molar-refractivity contribution in [2.45, 2.75) is 26.4 Å². The summed E-state index contributed by atoms with van der Waals surface area (Å²) in [5.74, 6) is 0.728. The largest absolute Gasteiger partial charge is 0.489 e. The van der Waals surface area contributed by atoms with E-state index in [9.17, 15) is 0 Å². The van der Waals surface area contributed by atoms with Crippen LogP contribution in [0.2, 0.25) is 0 Å². The predicted molar refractivity (Wildman–Crippen MR) is 82.0 cm³/mol. The molecule has 3 N–H and O–H groups in total. The molecular weight excluding hydrogens is 252 g/mol. The Labute approximate surface area is 119 Å². The molecule has 1 aromatic heterocycles. The minimum Gasteiger partial charge on any atom is -0.489 e. The van der Waals surface area contributed by atoms with E-state index in [0.717, 1.165) is 24.4 Å². The third-order valence-corrected chi connectivity index (χ3v) is 2.92. The van der Waals surface area contributed by atoms with Gasteiger partial charge >= 0.3 is 0 Å². The van der Waals surface area contributed by atoms with Crippen LogP contribution in [0.4, 0.5) is 11.4 Å². The molecule has 0 bridgehead atoms. The van der Waals surface area contributed by atoms with E-state index in [0.29, 0.717) is 5.69 Å². The van der Waals surface area contributed by atoms with E-state index >= 15 is 0 Å². The first-order chi connectivity index (χ1) is 9.56. The van der Waals surface area contributed by atoms with Gasteiger partial charge in [0, 0.05) is 19.8 Å². The van der Waals surface area contributed by atoms with E-state index < -0.39 is 0 Å². The summed E-state index contributed by atoms with van der Waals surface area (Å²) in [6, 6.07) is 5.80. The zero-order valence-electron chi connectivity index (χ0n) is 12.3. The van der Waals surface area contributed by atoms with E-state index in [-0.39, 0.29) is 6.10 Å². The van der Waals surface area contributed by atoms with Crippen molar-refractivity contribution in [3.63, 3.8) is 0 Å². The molecule has 1 aromatic carbocycles. The molecule has 0 unspecified atom stereocenters. The molecule has 1 heterocycles. The standard InChI is InChI=1S/C15H22N4O/c1-11(2)20-14-6-4-5-13(15(14)16)17-8-7-12-9-18-19(3)10-12/h4-6,9-11,17H,7-8,16H2,1-3H3. The summed E-state index contributed by atoms with van der Waals surface area (Å²) >= 11 is 0. The lowest BCUT2D eigenvalue weighted by Gasteiger charge is -2.15. The van der Waals surface area contributed by atoms with Gasteiger partial charge in [0.15, 0.2) is 0 Å². The Bertz CT molecular complexity index is 563. The highest BCUT2D eigenvalue weighted by atomic mass is 16.5. The quantitative estimate of drug-likeness (QED) is 0.794. The number of ether oxygens (including phenoxy) is 1. The van der Waals surface area contributed by atoms with E-state index in [2.05, 4.69) is 10.4 Å². The van der Waals surface area contributed by atoms with E-state index in [1.165, 1.54) is 5.56 Å². The van der Waals surface area contributed by atoms with Crippen molar-refractivity contribution >= 4 is 11.4 Å². The third kappa shape index (κ3) is 3.66. The van der Waals surface area contributed by atoms with Crippen molar-refractivity contribution in [3.8, 4) is 5.75 Å². The maximum absolute atomic E-state index is 6.11. The van der Waals surface area contributed by atoms with Crippen LogP contribution >= 0.6 is 0 Å². The van der Waals surface area contributed by atoms with Crippen LogP contribution in [0.15, 0.2) is 30.6 Å². The van der Waals surface area contributed by atoms with Crippen molar-refractivity contribution in [2.75, 3.05) is 17.6 Å². The highest BCUT2D eigenvalue weighted by Crippen LogP contribution is 2.29. The second-order valence-corrected chi connectivity index (χ2v) is 5.08. The number of nitrogens with zero attached hydrogens (tertiary/aromatic N) is 2. The summed E-state index contributed by atoms with van der Waals surface area (Å²) in [5.41, 5.74) is 8.88. The Morgan fingerprint density at radius 3 is 2.85 bits per heavy atom. The minimum atomic E-state index is 0.114. The summed E-state index contributed by atoms with van der Waals surface area (Å²) in [6.07, 6.45) is 4.91. The molecule has 0 amide bonds. The van der Waals surface area contributed by atoms with Crippen molar-refractivity contribution in [2.24, 2.45) is 7.05 Å². The van der Waals surface area contributed by atoms with Crippen LogP contribution in [-0.2, 0) is 13.5 Å². The monoisotopic (exact) mass is 274 g/mol. The van der Waals surface area contributed by atoms with Gasteiger partial charge < -0.3 is 15.8 Å².